The standard InChI is InChI=1S/C32H36N4O4/c1-20-26(32(2,3)4)11-22(12-27(20)35-7-9-38-10-8-35)28(37)17-36-16-23-13-29-30(14-25(23)31(36)33)39-18-21-5-6-34-15-24(21)19-40-29/h5-6,11-15,33H,7-10,16-19H2,1-4H3. The Balaban J connectivity index is 1.25. The molecule has 208 valence electrons. The lowest BCUT2D eigenvalue weighted by atomic mass is 9.82. The second kappa shape index (κ2) is 10.2. The zero-order chi connectivity index (χ0) is 28.0. The summed E-state index contributed by atoms with van der Waals surface area (Å²) in [5, 5.41) is 8.90. The molecule has 0 radical (unpaired) electrons. The van der Waals surface area contributed by atoms with Crippen LogP contribution in [0.15, 0.2) is 42.7 Å². The van der Waals surface area contributed by atoms with Crippen LogP contribution in [0, 0.1) is 12.3 Å². The molecule has 0 unspecified atom stereocenters. The minimum absolute atomic E-state index is 0.00591. The van der Waals surface area contributed by atoms with Crippen molar-refractivity contribution in [2.75, 3.05) is 37.7 Å². The van der Waals surface area contributed by atoms with E-state index in [-0.39, 0.29) is 17.7 Å². The van der Waals surface area contributed by atoms with Gasteiger partial charge in [-0.05, 0) is 64.9 Å². The number of amidine groups is 1. The van der Waals surface area contributed by atoms with Gasteiger partial charge in [0.2, 0.25) is 0 Å². The summed E-state index contributed by atoms with van der Waals surface area (Å²) in [6, 6.07) is 9.85. The Kier molecular flexibility index (Phi) is 6.74. The maximum absolute atomic E-state index is 13.8. The van der Waals surface area contributed by atoms with Gasteiger partial charge in [-0.2, -0.15) is 0 Å². The topological polar surface area (TPSA) is 88.0 Å². The first-order valence-electron chi connectivity index (χ1n) is 13.9. The van der Waals surface area contributed by atoms with Crippen molar-refractivity contribution >= 4 is 17.3 Å². The van der Waals surface area contributed by atoms with Crippen LogP contribution in [0.5, 0.6) is 11.5 Å². The Morgan fingerprint density at radius 3 is 2.48 bits per heavy atom. The Bertz CT molecular complexity index is 1490. The minimum Gasteiger partial charge on any atom is -0.485 e. The predicted molar refractivity (Wildman–Crippen MR) is 154 cm³/mol. The van der Waals surface area contributed by atoms with E-state index in [1.54, 1.807) is 12.4 Å². The van der Waals surface area contributed by atoms with E-state index in [0.717, 1.165) is 41.0 Å². The summed E-state index contributed by atoms with van der Waals surface area (Å²) in [4.78, 5) is 22.1. The number of aromatic nitrogens is 1. The monoisotopic (exact) mass is 540 g/mol. The number of ether oxygens (including phenoxy) is 3. The van der Waals surface area contributed by atoms with Crippen molar-refractivity contribution in [1.29, 1.82) is 5.41 Å². The van der Waals surface area contributed by atoms with Crippen molar-refractivity contribution < 1.29 is 19.0 Å². The molecule has 8 nitrogen and oxygen atoms in total. The summed E-state index contributed by atoms with van der Waals surface area (Å²) in [5.41, 5.74) is 7.83. The fraction of sp³-hybridized carbons (Fsp3) is 0.406. The van der Waals surface area contributed by atoms with E-state index in [1.165, 1.54) is 11.1 Å². The highest BCUT2D eigenvalue weighted by Crippen LogP contribution is 2.38. The second-order valence-corrected chi connectivity index (χ2v) is 11.8. The second-order valence-electron chi connectivity index (χ2n) is 11.8. The van der Waals surface area contributed by atoms with Gasteiger partial charge < -0.3 is 24.0 Å². The zero-order valence-corrected chi connectivity index (χ0v) is 23.7. The molecule has 8 heteroatoms. The highest BCUT2D eigenvalue weighted by molar-refractivity contribution is 6.06. The Hall–Kier alpha value is -3.91. The van der Waals surface area contributed by atoms with E-state index in [2.05, 4.69) is 37.6 Å². The molecule has 3 aromatic rings. The molecule has 0 bridgehead atoms. The van der Waals surface area contributed by atoms with Gasteiger partial charge in [0.1, 0.15) is 19.0 Å². The number of Topliss-reactive ketones (excluding diaryl/α,β-unsaturated/α-hetero) is 1. The number of hydrogen-bond donors (Lipinski definition) is 1. The minimum atomic E-state index is -0.107. The molecule has 1 aromatic heterocycles. The van der Waals surface area contributed by atoms with Gasteiger partial charge in [-0.1, -0.05) is 20.8 Å². The molecule has 0 atom stereocenters. The number of benzene rings is 2. The molecule has 1 N–H and O–H groups in total. The number of carbonyl (C=O) groups excluding carboxylic acids is 1. The number of carbonyl (C=O) groups is 1. The van der Waals surface area contributed by atoms with Gasteiger partial charge in [-0.15, -0.1) is 0 Å². The highest BCUT2D eigenvalue weighted by Gasteiger charge is 2.30. The number of nitrogens with zero attached hydrogens (tertiary/aromatic N) is 3. The normalized spacial score (nSPS) is 16.8. The van der Waals surface area contributed by atoms with Crippen molar-refractivity contribution in [3.8, 4) is 11.5 Å². The van der Waals surface area contributed by atoms with Gasteiger partial charge in [0, 0.05) is 54.4 Å². The van der Waals surface area contributed by atoms with Crippen molar-refractivity contribution in [3.05, 3.63) is 81.7 Å². The number of nitrogens with one attached hydrogen (secondary N) is 1. The summed E-state index contributed by atoms with van der Waals surface area (Å²) in [6.45, 7) is 13.1. The Morgan fingerprint density at radius 2 is 1.73 bits per heavy atom. The number of fused-ring (bicyclic) bond motifs is 3. The summed E-state index contributed by atoms with van der Waals surface area (Å²) in [5.74, 6) is 1.60. The van der Waals surface area contributed by atoms with Gasteiger partial charge in [0.25, 0.3) is 0 Å². The lowest BCUT2D eigenvalue weighted by molar-refractivity contribution is 0.0962. The van der Waals surface area contributed by atoms with E-state index in [4.69, 9.17) is 19.6 Å². The van der Waals surface area contributed by atoms with Gasteiger partial charge in [0.05, 0.1) is 19.8 Å². The highest BCUT2D eigenvalue weighted by atomic mass is 16.5. The third-order valence-corrected chi connectivity index (χ3v) is 8.07. The lowest BCUT2D eigenvalue weighted by Crippen LogP contribution is -2.37. The van der Waals surface area contributed by atoms with Crippen molar-refractivity contribution in [3.63, 3.8) is 0 Å². The molecule has 4 heterocycles. The molecule has 0 saturated carbocycles. The summed E-state index contributed by atoms with van der Waals surface area (Å²) in [6.07, 6.45) is 3.56. The zero-order valence-electron chi connectivity index (χ0n) is 23.7. The van der Waals surface area contributed by atoms with Crippen LogP contribution in [0.2, 0.25) is 0 Å². The van der Waals surface area contributed by atoms with E-state index in [9.17, 15) is 4.79 Å². The van der Waals surface area contributed by atoms with E-state index in [0.29, 0.717) is 55.9 Å². The van der Waals surface area contributed by atoms with Crippen LogP contribution in [-0.4, -0.2) is 54.4 Å². The molecule has 3 aliphatic heterocycles. The van der Waals surface area contributed by atoms with Crippen LogP contribution in [0.3, 0.4) is 0 Å². The molecule has 3 aliphatic rings. The van der Waals surface area contributed by atoms with Crippen LogP contribution < -0.4 is 14.4 Å². The van der Waals surface area contributed by atoms with Crippen molar-refractivity contribution in [1.82, 2.24) is 9.88 Å². The molecule has 2 aromatic carbocycles. The van der Waals surface area contributed by atoms with Crippen LogP contribution in [-0.2, 0) is 29.9 Å². The van der Waals surface area contributed by atoms with Gasteiger partial charge in [-0.25, -0.2) is 0 Å². The first-order chi connectivity index (χ1) is 19.2. The molecule has 40 heavy (non-hydrogen) atoms. The number of hydrogen-bond acceptors (Lipinski definition) is 7. The third kappa shape index (κ3) is 4.92. The summed E-state index contributed by atoms with van der Waals surface area (Å²) < 4.78 is 17.8. The third-order valence-electron chi connectivity index (χ3n) is 8.07. The van der Waals surface area contributed by atoms with Gasteiger partial charge >= 0.3 is 0 Å². The summed E-state index contributed by atoms with van der Waals surface area (Å²) >= 11 is 0. The average molecular weight is 541 g/mol. The number of rotatable bonds is 4. The fourth-order valence-electron chi connectivity index (χ4n) is 5.84. The molecule has 1 saturated heterocycles. The smallest absolute Gasteiger partial charge is 0.182 e. The predicted octanol–water partition coefficient (Wildman–Crippen LogP) is 5.02. The van der Waals surface area contributed by atoms with Crippen LogP contribution in [0.4, 0.5) is 5.69 Å². The van der Waals surface area contributed by atoms with Crippen molar-refractivity contribution in [2.24, 2.45) is 0 Å². The maximum Gasteiger partial charge on any atom is 0.182 e. The molecule has 1 fully saturated rings. The Labute approximate surface area is 235 Å². The maximum atomic E-state index is 13.8. The van der Waals surface area contributed by atoms with E-state index < -0.39 is 0 Å². The number of pyridine rings is 1. The number of anilines is 1. The molecule has 6 rings (SSSR count). The Morgan fingerprint density at radius 1 is 1.00 bits per heavy atom. The van der Waals surface area contributed by atoms with Crippen LogP contribution in [0.1, 0.15) is 64.5 Å². The van der Waals surface area contributed by atoms with Gasteiger partial charge in [0.15, 0.2) is 17.3 Å². The van der Waals surface area contributed by atoms with Crippen LogP contribution >= 0.6 is 0 Å². The van der Waals surface area contributed by atoms with E-state index in [1.807, 2.05) is 35.2 Å². The number of morpholine rings is 1. The molecule has 0 spiro atoms. The molecule has 0 aliphatic carbocycles. The molecular formula is C32H36N4O4. The number of ketones is 1. The largest absolute Gasteiger partial charge is 0.485 e. The fourth-order valence-corrected chi connectivity index (χ4v) is 5.84. The lowest BCUT2D eigenvalue weighted by Gasteiger charge is -2.33. The van der Waals surface area contributed by atoms with Crippen LogP contribution in [0.25, 0.3) is 0 Å². The average Bonchev–Trinajstić information content (AvgIpc) is 3.23. The summed E-state index contributed by atoms with van der Waals surface area (Å²) in [7, 11) is 0. The SMILES string of the molecule is Cc1c(N2CCOCC2)cc(C(=O)CN2Cc3cc4c(cc3C2=N)OCc2ccncc2CO4)cc1C(C)(C)C. The van der Waals surface area contributed by atoms with Crippen molar-refractivity contribution in [2.45, 2.75) is 52.9 Å². The quantitative estimate of drug-likeness (QED) is 0.465. The first kappa shape index (κ1) is 26.3. The van der Waals surface area contributed by atoms with E-state index >= 15 is 0 Å². The first-order valence-corrected chi connectivity index (χ1v) is 13.9. The van der Waals surface area contributed by atoms with Gasteiger partial charge in [-0.3, -0.25) is 15.2 Å². The molecule has 0 amide bonds. The molecular weight excluding hydrogens is 504 g/mol.